The largest absolute Gasteiger partial charge is 0.462 e. The highest BCUT2D eigenvalue weighted by Crippen LogP contribution is 2.20. The van der Waals surface area contributed by atoms with Crippen molar-refractivity contribution in [1.82, 2.24) is 0 Å². The molecule has 0 aromatic carbocycles. The topological polar surface area (TPSA) is 78.9 Å². The minimum Gasteiger partial charge on any atom is -0.462 e. The van der Waals surface area contributed by atoms with Crippen molar-refractivity contribution in [3.05, 3.63) is 0 Å². The Bertz CT molecular complexity index is 1170. The SMILES string of the molecule is CCCCCCCCCCCCCCCCCCCCCCCCCCCCCCCC(=O)OCC(COC(=O)CCCCCCCCCCC)OC(=O)CCCCCCCCCCCCCCCCCCCCCCCC. The summed E-state index contributed by atoms with van der Waals surface area (Å²) in [5.74, 6) is -0.826. The fourth-order valence-electron chi connectivity index (χ4n) is 11.5. The predicted molar refractivity (Wildman–Crippen MR) is 340 cm³/mol. The summed E-state index contributed by atoms with van der Waals surface area (Å²) in [6.45, 7) is 6.72. The predicted octanol–water partition coefficient (Wildman–Crippen LogP) is 24.6. The lowest BCUT2D eigenvalue weighted by atomic mass is 10.0. The molecule has 0 rings (SSSR count). The molecule has 0 spiro atoms. The first-order valence-electron chi connectivity index (χ1n) is 36.0. The van der Waals surface area contributed by atoms with Crippen LogP contribution in [-0.2, 0) is 28.6 Å². The monoisotopic (exact) mass is 1100 g/mol. The van der Waals surface area contributed by atoms with E-state index < -0.39 is 6.10 Å². The van der Waals surface area contributed by atoms with Crippen LogP contribution in [0, 0.1) is 0 Å². The molecule has 0 saturated carbocycles. The fraction of sp³-hybridized carbons (Fsp3) is 0.958. The lowest BCUT2D eigenvalue weighted by Crippen LogP contribution is -2.30. The van der Waals surface area contributed by atoms with Gasteiger partial charge in [0.15, 0.2) is 6.10 Å². The van der Waals surface area contributed by atoms with Crippen LogP contribution >= 0.6 is 0 Å². The fourth-order valence-corrected chi connectivity index (χ4v) is 11.5. The molecule has 0 aromatic rings. The van der Waals surface area contributed by atoms with Crippen LogP contribution < -0.4 is 0 Å². The molecule has 78 heavy (non-hydrogen) atoms. The maximum atomic E-state index is 12.9. The highest BCUT2D eigenvalue weighted by Gasteiger charge is 2.20. The molecule has 0 aliphatic heterocycles. The second-order valence-corrected chi connectivity index (χ2v) is 24.9. The molecule has 0 saturated heterocycles. The molecule has 0 heterocycles. The second kappa shape index (κ2) is 67.9. The van der Waals surface area contributed by atoms with Crippen LogP contribution in [0.2, 0.25) is 0 Å². The molecule has 0 N–H and O–H groups in total. The first-order valence-corrected chi connectivity index (χ1v) is 36.0. The van der Waals surface area contributed by atoms with Crippen LogP contribution in [0.5, 0.6) is 0 Å². The van der Waals surface area contributed by atoms with Crippen molar-refractivity contribution in [3.63, 3.8) is 0 Å². The van der Waals surface area contributed by atoms with Crippen LogP contribution in [0.15, 0.2) is 0 Å². The van der Waals surface area contributed by atoms with E-state index in [1.54, 1.807) is 0 Å². The van der Waals surface area contributed by atoms with Gasteiger partial charge in [0.25, 0.3) is 0 Å². The van der Waals surface area contributed by atoms with Gasteiger partial charge in [-0.15, -0.1) is 0 Å². The molecule has 0 amide bonds. The Balaban J connectivity index is 4.04. The van der Waals surface area contributed by atoms with Gasteiger partial charge in [-0.3, -0.25) is 14.4 Å². The number of unbranched alkanes of at least 4 members (excludes halogenated alkanes) is 57. The standard InChI is InChI=1S/C72H140O6/c1-4-7-10-13-16-19-21-23-25-27-29-31-33-34-35-36-37-38-39-41-42-44-46-48-50-53-56-59-62-65-71(74)77-68-69(67-76-70(73)64-61-58-55-52-18-15-12-9-6-3)78-72(75)66-63-60-57-54-51-49-47-45-43-40-32-30-28-26-24-22-20-17-14-11-8-5-2/h69H,4-68H2,1-3H3. The van der Waals surface area contributed by atoms with Crippen LogP contribution in [-0.4, -0.2) is 37.2 Å². The number of carbonyl (C=O) groups excluding carboxylic acids is 3. The number of ether oxygens (including phenoxy) is 3. The Labute approximate surface area is 488 Å². The molecule has 0 radical (unpaired) electrons. The Hall–Kier alpha value is -1.59. The zero-order valence-corrected chi connectivity index (χ0v) is 53.5. The lowest BCUT2D eigenvalue weighted by Gasteiger charge is -2.18. The van der Waals surface area contributed by atoms with Gasteiger partial charge in [0, 0.05) is 19.3 Å². The summed E-state index contributed by atoms with van der Waals surface area (Å²) in [7, 11) is 0. The second-order valence-electron chi connectivity index (χ2n) is 24.9. The maximum absolute atomic E-state index is 12.9. The highest BCUT2D eigenvalue weighted by atomic mass is 16.6. The molecular weight excluding hydrogens is 961 g/mol. The van der Waals surface area contributed by atoms with E-state index >= 15 is 0 Å². The first kappa shape index (κ1) is 76.4. The molecule has 464 valence electrons. The molecule has 6 nitrogen and oxygen atoms in total. The van der Waals surface area contributed by atoms with Gasteiger partial charge in [-0.1, -0.05) is 387 Å². The number of carbonyl (C=O) groups is 3. The quantitative estimate of drug-likeness (QED) is 0.0343. The van der Waals surface area contributed by atoms with E-state index in [1.165, 1.54) is 327 Å². The summed E-state index contributed by atoms with van der Waals surface area (Å²) in [5, 5.41) is 0. The molecule has 0 bridgehead atoms. The van der Waals surface area contributed by atoms with Gasteiger partial charge in [0.1, 0.15) is 13.2 Å². The van der Waals surface area contributed by atoms with E-state index in [1.807, 2.05) is 0 Å². The summed E-state index contributed by atoms with van der Waals surface area (Å²) >= 11 is 0. The number of hydrogen-bond donors (Lipinski definition) is 0. The van der Waals surface area contributed by atoms with Crippen molar-refractivity contribution in [1.29, 1.82) is 0 Å². The summed E-state index contributed by atoms with van der Waals surface area (Å²) in [6, 6.07) is 0. The van der Waals surface area contributed by atoms with Gasteiger partial charge in [0.05, 0.1) is 0 Å². The molecule has 0 aromatic heterocycles. The average molecular weight is 1100 g/mol. The van der Waals surface area contributed by atoms with E-state index in [0.29, 0.717) is 19.3 Å². The van der Waals surface area contributed by atoms with E-state index in [2.05, 4.69) is 20.8 Å². The zero-order chi connectivity index (χ0) is 56.4. The molecule has 0 aliphatic rings. The summed E-state index contributed by atoms with van der Waals surface area (Å²) < 4.78 is 17.0. The van der Waals surface area contributed by atoms with Crippen molar-refractivity contribution >= 4 is 17.9 Å². The van der Waals surface area contributed by atoms with E-state index in [4.69, 9.17) is 14.2 Å². The van der Waals surface area contributed by atoms with Gasteiger partial charge in [-0.2, -0.15) is 0 Å². The lowest BCUT2D eigenvalue weighted by molar-refractivity contribution is -0.167. The third-order valence-corrected chi connectivity index (χ3v) is 16.9. The minimum absolute atomic E-state index is 0.0607. The molecular formula is C72H140O6. The van der Waals surface area contributed by atoms with Gasteiger partial charge >= 0.3 is 17.9 Å². The van der Waals surface area contributed by atoms with Gasteiger partial charge in [0.2, 0.25) is 0 Å². The molecule has 1 unspecified atom stereocenters. The first-order chi connectivity index (χ1) is 38.5. The molecule has 0 aliphatic carbocycles. The van der Waals surface area contributed by atoms with E-state index in [9.17, 15) is 14.4 Å². The highest BCUT2D eigenvalue weighted by molar-refractivity contribution is 5.71. The van der Waals surface area contributed by atoms with Gasteiger partial charge in [-0.05, 0) is 19.3 Å². The van der Waals surface area contributed by atoms with Crippen molar-refractivity contribution < 1.29 is 28.6 Å². The van der Waals surface area contributed by atoms with Crippen molar-refractivity contribution in [2.45, 2.75) is 431 Å². The summed E-state index contributed by atoms with van der Waals surface area (Å²) in [6.07, 6.45) is 80.2. The van der Waals surface area contributed by atoms with Crippen molar-refractivity contribution in [2.24, 2.45) is 0 Å². The summed E-state index contributed by atoms with van der Waals surface area (Å²) in [4.78, 5) is 38.3. The van der Waals surface area contributed by atoms with E-state index in [-0.39, 0.29) is 31.1 Å². The van der Waals surface area contributed by atoms with Crippen LogP contribution in [0.4, 0.5) is 0 Å². The number of rotatable bonds is 68. The zero-order valence-electron chi connectivity index (χ0n) is 53.5. The third kappa shape index (κ3) is 65.2. The van der Waals surface area contributed by atoms with Crippen molar-refractivity contribution in [3.8, 4) is 0 Å². The van der Waals surface area contributed by atoms with Crippen LogP contribution in [0.3, 0.4) is 0 Å². The smallest absolute Gasteiger partial charge is 0.306 e. The Morgan fingerprint density at radius 3 is 0.513 bits per heavy atom. The third-order valence-electron chi connectivity index (χ3n) is 16.9. The van der Waals surface area contributed by atoms with Crippen molar-refractivity contribution in [2.75, 3.05) is 13.2 Å². The number of esters is 3. The number of hydrogen-bond acceptors (Lipinski definition) is 6. The Morgan fingerprint density at radius 1 is 0.205 bits per heavy atom. The minimum atomic E-state index is -0.762. The van der Waals surface area contributed by atoms with Gasteiger partial charge < -0.3 is 14.2 Å². The van der Waals surface area contributed by atoms with Gasteiger partial charge in [-0.25, -0.2) is 0 Å². The maximum Gasteiger partial charge on any atom is 0.306 e. The van der Waals surface area contributed by atoms with Crippen LogP contribution in [0.1, 0.15) is 425 Å². The molecule has 0 fully saturated rings. The molecule has 1 atom stereocenters. The van der Waals surface area contributed by atoms with Crippen LogP contribution in [0.25, 0.3) is 0 Å². The Kier molecular flexibility index (Phi) is 66.5. The van der Waals surface area contributed by atoms with E-state index in [0.717, 1.165) is 57.8 Å². The summed E-state index contributed by atoms with van der Waals surface area (Å²) in [5.41, 5.74) is 0. The average Bonchev–Trinajstić information content (AvgIpc) is 3.44. The molecule has 6 heteroatoms. The normalized spacial score (nSPS) is 11.9. The Morgan fingerprint density at radius 2 is 0.346 bits per heavy atom.